The van der Waals surface area contributed by atoms with E-state index in [0.29, 0.717) is 12.5 Å². The molecule has 2 rings (SSSR count). The van der Waals surface area contributed by atoms with Gasteiger partial charge in [-0.3, -0.25) is 5.10 Å². The average molecular weight is 229 g/mol. The molecule has 4 N–H and O–H groups in total. The fourth-order valence-electron chi connectivity index (χ4n) is 1.41. The summed E-state index contributed by atoms with van der Waals surface area (Å²) in [5.41, 5.74) is 8.77. The Kier molecular flexibility index (Phi) is 3.40. The van der Waals surface area contributed by atoms with E-state index >= 15 is 0 Å². The van der Waals surface area contributed by atoms with Gasteiger partial charge in [-0.2, -0.15) is 5.10 Å². The van der Waals surface area contributed by atoms with E-state index in [1.54, 1.807) is 6.20 Å². The van der Waals surface area contributed by atoms with Crippen LogP contribution in [-0.4, -0.2) is 16.2 Å². The van der Waals surface area contributed by atoms with Crippen molar-refractivity contribution in [1.29, 1.82) is 0 Å². The Labute approximate surface area is 99.8 Å². The van der Waals surface area contributed by atoms with Crippen LogP contribution in [0.5, 0.6) is 0 Å². The molecule has 0 unspecified atom stereocenters. The smallest absolute Gasteiger partial charge is 0.193 e. The highest BCUT2D eigenvalue weighted by Crippen LogP contribution is 2.06. The zero-order chi connectivity index (χ0) is 12.1. The van der Waals surface area contributed by atoms with Gasteiger partial charge < -0.3 is 11.1 Å². The van der Waals surface area contributed by atoms with Crippen molar-refractivity contribution in [3.63, 3.8) is 0 Å². The van der Waals surface area contributed by atoms with Gasteiger partial charge in [0, 0.05) is 16.9 Å². The second-order valence-electron chi connectivity index (χ2n) is 3.71. The number of anilines is 1. The van der Waals surface area contributed by atoms with Crippen LogP contribution < -0.4 is 11.1 Å². The minimum atomic E-state index is 0.400. The third-order valence-corrected chi connectivity index (χ3v) is 2.40. The summed E-state index contributed by atoms with van der Waals surface area (Å²) in [5.74, 6) is 0.400. The zero-order valence-corrected chi connectivity index (χ0v) is 9.64. The molecule has 0 saturated heterocycles. The summed E-state index contributed by atoms with van der Waals surface area (Å²) >= 11 is 0. The first kappa shape index (κ1) is 11.2. The van der Waals surface area contributed by atoms with Gasteiger partial charge in [-0.15, -0.1) is 0 Å². The van der Waals surface area contributed by atoms with E-state index in [9.17, 15) is 0 Å². The number of H-pyrrole nitrogens is 1. The molecule has 88 valence electrons. The fourth-order valence-corrected chi connectivity index (χ4v) is 1.41. The normalized spacial score (nSPS) is 11.5. The maximum atomic E-state index is 5.78. The van der Waals surface area contributed by atoms with Gasteiger partial charge in [-0.1, -0.05) is 18.2 Å². The van der Waals surface area contributed by atoms with Crippen LogP contribution in [0.2, 0.25) is 0 Å². The van der Waals surface area contributed by atoms with Crippen LogP contribution in [0, 0.1) is 6.92 Å². The fraction of sp³-hybridized carbons (Fsp3) is 0.167. The summed E-state index contributed by atoms with van der Waals surface area (Å²) in [4.78, 5) is 4.25. The number of aromatic amines is 1. The van der Waals surface area contributed by atoms with Crippen LogP contribution in [0.3, 0.4) is 0 Å². The highest BCUT2D eigenvalue weighted by Gasteiger charge is 1.99. The standard InChI is InChI=1S/C12H15N5/c1-9-10(8-15-17-9)7-14-12(13)16-11-5-3-2-4-6-11/h2-6,8H,7H2,1H3,(H,15,17)(H3,13,14,16). The molecule has 1 heterocycles. The van der Waals surface area contributed by atoms with Crippen molar-refractivity contribution in [2.75, 3.05) is 5.32 Å². The van der Waals surface area contributed by atoms with Crippen LogP contribution in [0.4, 0.5) is 5.69 Å². The highest BCUT2D eigenvalue weighted by atomic mass is 15.1. The molecule has 1 aromatic carbocycles. The molecule has 5 heteroatoms. The van der Waals surface area contributed by atoms with Crippen LogP contribution in [0.15, 0.2) is 41.5 Å². The number of aromatic nitrogens is 2. The molecular formula is C12H15N5. The van der Waals surface area contributed by atoms with Crippen molar-refractivity contribution in [3.05, 3.63) is 47.8 Å². The molecule has 0 saturated carbocycles. The second-order valence-corrected chi connectivity index (χ2v) is 3.71. The first-order valence-corrected chi connectivity index (χ1v) is 5.36. The van der Waals surface area contributed by atoms with E-state index in [1.807, 2.05) is 37.3 Å². The molecule has 0 fully saturated rings. The topological polar surface area (TPSA) is 79.1 Å². The van der Waals surface area contributed by atoms with Crippen molar-refractivity contribution in [3.8, 4) is 0 Å². The van der Waals surface area contributed by atoms with Gasteiger partial charge in [0.25, 0.3) is 0 Å². The number of aliphatic imine (C=N–C) groups is 1. The van der Waals surface area contributed by atoms with Crippen molar-refractivity contribution in [1.82, 2.24) is 10.2 Å². The quantitative estimate of drug-likeness (QED) is 0.553. The van der Waals surface area contributed by atoms with Gasteiger partial charge in [0.2, 0.25) is 0 Å². The summed E-state index contributed by atoms with van der Waals surface area (Å²) in [6, 6.07) is 9.70. The molecule has 0 radical (unpaired) electrons. The SMILES string of the molecule is Cc1[nH]ncc1CN=C(N)Nc1ccccc1. The predicted octanol–water partition coefficient (Wildman–Crippen LogP) is 1.64. The molecule has 0 amide bonds. The highest BCUT2D eigenvalue weighted by molar-refractivity contribution is 5.92. The lowest BCUT2D eigenvalue weighted by atomic mass is 10.3. The number of hydrogen-bond acceptors (Lipinski definition) is 2. The van der Waals surface area contributed by atoms with Crippen LogP contribution in [0.25, 0.3) is 0 Å². The zero-order valence-electron chi connectivity index (χ0n) is 9.64. The molecule has 0 aliphatic carbocycles. The molecule has 0 spiro atoms. The summed E-state index contributed by atoms with van der Waals surface area (Å²) in [7, 11) is 0. The third kappa shape index (κ3) is 3.07. The summed E-state index contributed by atoms with van der Waals surface area (Å²) in [6.07, 6.45) is 1.76. The molecular weight excluding hydrogens is 214 g/mol. The molecule has 0 atom stereocenters. The summed E-state index contributed by atoms with van der Waals surface area (Å²) in [5, 5.41) is 9.81. The Hall–Kier alpha value is -2.30. The van der Waals surface area contributed by atoms with Gasteiger partial charge in [0.05, 0.1) is 12.7 Å². The van der Waals surface area contributed by atoms with Crippen LogP contribution in [-0.2, 0) is 6.54 Å². The molecule has 0 bridgehead atoms. The van der Waals surface area contributed by atoms with E-state index in [-0.39, 0.29) is 0 Å². The number of nitrogens with one attached hydrogen (secondary N) is 2. The van der Waals surface area contributed by atoms with Gasteiger partial charge in [0.1, 0.15) is 0 Å². The molecule has 1 aromatic heterocycles. The van der Waals surface area contributed by atoms with Gasteiger partial charge >= 0.3 is 0 Å². The first-order valence-electron chi connectivity index (χ1n) is 5.36. The molecule has 2 aromatic rings. The number of nitrogens with two attached hydrogens (primary N) is 1. The number of nitrogens with zero attached hydrogens (tertiary/aromatic N) is 2. The van der Waals surface area contributed by atoms with Crippen molar-refractivity contribution < 1.29 is 0 Å². The monoisotopic (exact) mass is 229 g/mol. The molecule has 17 heavy (non-hydrogen) atoms. The van der Waals surface area contributed by atoms with Crippen molar-refractivity contribution >= 4 is 11.6 Å². The largest absolute Gasteiger partial charge is 0.370 e. The number of para-hydroxylation sites is 1. The van der Waals surface area contributed by atoms with Gasteiger partial charge in [0.15, 0.2) is 5.96 Å². The number of rotatable bonds is 3. The van der Waals surface area contributed by atoms with E-state index in [4.69, 9.17) is 5.73 Å². The number of benzene rings is 1. The van der Waals surface area contributed by atoms with E-state index < -0.39 is 0 Å². The Morgan fingerprint density at radius 3 is 2.82 bits per heavy atom. The average Bonchev–Trinajstić information content (AvgIpc) is 2.74. The molecule has 0 aliphatic rings. The van der Waals surface area contributed by atoms with Gasteiger partial charge in [-0.05, 0) is 19.1 Å². The second kappa shape index (κ2) is 5.16. The maximum Gasteiger partial charge on any atom is 0.193 e. The summed E-state index contributed by atoms with van der Waals surface area (Å²) < 4.78 is 0. The lowest BCUT2D eigenvalue weighted by Gasteiger charge is -2.04. The first-order chi connectivity index (χ1) is 8.25. The Bertz CT molecular complexity index is 501. The third-order valence-electron chi connectivity index (χ3n) is 2.40. The Morgan fingerprint density at radius 2 is 2.18 bits per heavy atom. The molecule has 0 aliphatic heterocycles. The Balaban J connectivity index is 1.97. The lowest BCUT2D eigenvalue weighted by Crippen LogP contribution is -2.22. The van der Waals surface area contributed by atoms with Crippen molar-refractivity contribution in [2.45, 2.75) is 13.5 Å². The maximum absolute atomic E-state index is 5.78. The lowest BCUT2D eigenvalue weighted by molar-refractivity contribution is 1.02. The predicted molar refractivity (Wildman–Crippen MR) is 68.7 cm³/mol. The molecule has 5 nitrogen and oxygen atoms in total. The van der Waals surface area contributed by atoms with Crippen LogP contribution in [0.1, 0.15) is 11.3 Å². The number of hydrogen-bond donors (Lipinski definition) is 3. The van der Waals surface area contributed by atoms with E-state index in [0.717, 1.165) is 16.9 Å². The van der Waals surface area contributed by atoms with Gasteiger partial charge in [-0.25, -0.2) is 4.99 Å². The summed E-state index contributed by atoms with van der Waals surface area (Å²) in [6.45, 7) is 2.48. The number of guanidine groups is 1. The minimum Gasteiger partial charge on any atom is -0.370 e. The number of aryl methyl sites for hydroxylation is 1. The van der Waals surface area contributed by atoms with Crippen molar-refractivity contribution in [2.24, 2.45) is 10.7 Å². The Morgan fingerprint density at radius 1 is 1.41 bits per heavy atom. The van der Waals surface area contributed by atoms with Crippen LogP contribution >= 0.6 is 0 Å². The minimum absolute atomic E-state index is 0.400. The van der Waals surface area contributed by atoms with E-state index in [2.05, 4.69) is 20.5 Å². The van der Waals surface area contributed by atoms with E-state index in [1.165, 1.54) is 0 Å².